The third kappa shape index (κ3) is 2.55. The first-order chi connectivity index (χ1) is 10.1. The van der Waals surface area contributed by atoms with E-state index in [1.54, 1.807) is 6.20 Å². The van der Waals surface area contributed by atoms with Crippen LogP contribution in [-0.4, -0.2) is 16.5 Å². The maximum absolute atomic E-state index is 8.95. The maximum atomic E-state index is 8.95. The summed E-state index contributed by atoms with van der Waals surface area (Å²) in [6, 6.07) is 5.97. The fourth-order valence-electron chi connectivity index (χ4n) is 2.67. The SMILES string of the molecule is CC1c2cc(Cl)c(Cl)cc2CCN1c1cncc(C#N)n1. The number of nitrogens with zero attached hydrogens (tertiary/aromatic N) is 4. The van der Waals surface area contributed by atoms with Crippen molar-refractivity contribution < 1.29 is 0 Å². The molecule has 0 saturated carbocycles. The molecule has 0 radical (unpaired) electrons. The van der Waals surface area contributed by atoms with Gasteiger partial charge in [0.2, 0.25) is 0 Å². The van der Waals surface area contributed by atoms with Gasteiger partial charge >= 0.3 is 0 Å². The second-order valence-corrected chi connectivity index (χ2v) is 5.77. The number of benzene rings is 1. The van der Waals surface area contributed by atoms with Crippen LogP contribution in [0.15, 0.2) is 24.5 Å². The molecule has 0 saturated heterocycles. The summed E-state index contributed by atoms with van der Waals surface area (Å²) < 4.78 is 0. The lowest BCUT2D eigenvalue weighted by molar-refractivity contribution is 0.615. The Morgan fingerprint density at radius 2 is 2.05 bits per heavy atom. The van der Waals surface area contributed by atoms with Gasteiger partial charge in [0.1, 0.15) is 11.9 Å². The van der Waals surface area contributed by atoms with Crippen molar-refractivity contribution in [1.29, 1.82) is 5.26 Å². The van der Waals surface area contributed by atoms with Crippen molar-refractivity contribution in [3.05, 3.63) is 51.4 Å². The van der Waals surface area contributed by atoms with Crippen molar-refractivity contribution >= 4 is 29.0 Å². The molecule has 1 aromatic heterocycles. The Hall–Kier alpha value is -1.83. The van der Waals surface area contributed by atoms with Crippen LogP contribution < -0.4 is 4.90 Å². The Labute approximate surface area is 133 Å². The predicted molar refractivity (Wildman–Crippen MR) is 82.7 cm³/mol. The number of anilines is 1. The first-order valence-corrected chi connectivity index (χ1v) is 7.32. The Bertz CT molecular complexity index is 739. The molecule has 0 bridgehead atoms. The smallest absolute Gasteiger partial charge is 0.161 e. The fourth-order valence-corrected chi connectivity index (χ4v) is 3.03. The third-order valence-corrected chi connectivity index (χ3v) is 4.47. The molecule has 1 unspecified atom stereocenters. The molecule has 21 heavy (non-hydrogen) atoms. The molecule has 0 amide bonds. The molecule has 2 heterocycles. The van der Waals surface area contributed by atoms with E-state index in [1.807, 2.05) is 18.2 Å². The number of fused-ring (bicyclic) bond motifs is 1. The van der Waals surface area contributed by atoms with E-state index in [9.17, 15) is 0 Å². The van der Waals surface area contributed by atoms with Crippen LogP contribution >= 0.6 is 23.2 Å². The summed E-state index contributed by atoms with van der Waals surface area (Å²) in [5, 5.41) is 10.1. The molecule has 1 atom stereocenters. The van der Waals surface area contributed by atoms with Gasteiger partial charge in [0.05, 0.1) is 28.5 Å². The van der Waals surface area contributed by atoms with E-state index in [1.165, 1.54) is 11.8 Å². The minimum Gasteiger partial charge on any atom is -0.348 e. The summed E-state index contributed by atoms with van der Waals surface area (Å²) in [7, 11) is 0. The largest absolute Gasteiger partial charge is 0.348 e. The second kappa shape index (κ2) is 5.51. The van der Waals surface area contributed by atoms with Gasteiger partial charge < -0.3 is 4.90 Å². The van der Waals surface area contributed by atoms with Crippen LogP contribution in [0.25, 0.3) is 0 Å². The van der Waals surface area contributed by atoms with Gasteiger partial charge in [0.25, 0.3) is 0 Å². The minimum atomic E-state index is 0.103. The van der Waals surface area contributed by atoms with E-state index < -0.39 is 0 Å². The quantitative estimate of drug-likeness (QED) is 0.803. The van der Waals surface area contributed by atoms with E-state index in [0.29, 0.717) is 21.6 Å². The molecule has 0 aliphatic carbocycles. The average Bonchev–Trinajstić information content (AvgIpc) is 2.50. The van der Waals surface area contributed by atoms with E-state index in [2.05, 4.69) is 21.8 Å². The van der Waals surface area contributed by atoms with Crippen molar-refractivity contribution in [2.45, 2.75) is 19.4 Å². The number of nitriles is 1. The lowest BCUT2D eigenvalue weighted by Gasteiger charge is -2.36. The molecule has 0 spiro atoms. The lowest BCUT2D eigenvalue weighted by Crippen LogP contribution is -2.34. The highest BCUT2D eigenvalue weighted by Gasteiger charge is 2.26. The number of rotatable bonds is 1. The van der Waals surface area contributed by atoms with Crippen LogP contribution in [0.2, 0.25) is 10.0 Å². The van der Waals surface area contributed by atoms with E-state index in [0.717, 1.165) is 18.5 Å². The minimum absolute atomic E-state index is 0.103. The van der Waals surface area contributed by atoms with E-state index >= 15 is 0 Å². The van der Waals surface area contributed by atoms with Gasteiger partial charge in [-0.25, -0.2) is 4.98 Å². The number of halogens is 2. The van der Waals surface area contributed by atoms with Crippen LogP contribution in [0, 0.1) is 11.3 Å². The normalized spacial score (nSPS) is 17.2. The van der Waals surface area contributed by atoms with Crippen molar-refractivity contribution in [1.82, 2.24) is 9.97 Å². The third-order valence-electron chi connectivity index (χ3n) is 3.75. The number of hydrogen-bond donors (Lipinski definition) is 0. The van der Waals surface area contributed by atoms with Gasteiger partial charge in [-0.05, 0) is 36.6 Å². The molecule has 1 aliphatic heterocycles. The highest BCUT2D eigenvalue weighted by atomic mass is 35.5. The van der Waals surface area contributed by atoms with Crippen molar-refractivity contribution in [3.63, 3.8) is 0 Å². The fraction of sp³-hybridized carbons (Fsp3) is 0.267. The van der Waals surface area contributed by atoms with Crippen LogP contribution in [0.5, 0.6) is 0 Å². The molecule has 0 N–H and O–H groups in total. The first-order valence-electron chi connectivity index (χ1n) is 6.56. The highest BCUT2D eigenvalue weighted by Crippen LogP contribution is 2.36. The predicted octanol–water partition coefficient (Wildman–Crippen LogP) is 3.78. The molecule has 0 fully saturated rings. The number of aromatic nitrogens is 2. The molecule has 6 heteroatoms. The zero-order chi connectivity index (χ0) is 15.0. The lowest BCUT2D eigenvalue weighted by atomic mass is 9.93. The van der Waals surface area contributed by atoms with E-state index in [-0.39, 0.29) is 6.04 Å². The first kappa shape index (κ1) is 14.1. The summed E-state index contributed by atoms with van der Waals surface area (Å²) in [6.45, 7) is 2.89. The summed E-state index contributed by atoms with van der Waals surface area (Å²) >= 11 is 12.2. The van der Waals surface area contributed by atoms with Crippen LogP contribution in [0.1, 0.15) is 29.8 Å². The summed E-state index contributed by atoms with van der Waals surface area (Å²) in [5.74, 6) is 0.707. The molecule has 1 aromatic carbocycles. The standard InChI is InChI=1S/C15H12Cl2N4/c1-9-12-5-14(17)13(16)4-10(12)2-3-21(9)15-8-19-7-11(6-18)20-15/h4-5,7-9H,2-3H2,1H3. The summed E-state index contributed by atoms with van der Waals surface area (Å²) in [6.07, 6.45) is 4.00. The van der Waals surface area contributed by atoms with Gasteiger partial charge in [-0.3, -0.25) is 4.98 Å². The van der Waals surface area contributed by atoms with Crippen LogP contribution in [0.4, 0.5) is 5.82 Å². The molecule has 2 aromatic rings. The second-order valence-electron chi connectivity index (χ2n) is 4.96. The highest BCUT2D eigenvalue weighted by molar-refractivity contribution is 6.42. The average molecular weight is 319 g/mol. The maximum Gasteiger partial charge on any atom is 0.161 e. The Kier molecular flexibility index (Phi) is 3.71. The van der Waals surface area contributed by atoms with Crippen LogP contribution in [-0.2, 0) is 6.42 Å². The molecular weight excluding hydrogens is 307 g/mol. The zero-order valence-electron chi connectivity index (χ0n) is 11.3. The van der Waals surface area contributed by atoms with Gasteiger partial charge in [-0.2, -0.15) is 5.26 Å². The Balaban J connectivity index is 2.00. The van der Waals surface area contributed by atoms with Gasteiger partial charge in [-0.1, -0.05) is 23.2 Å². The van der Waals surface area contributed by atoms with Crippen molar-refractivity contribution in [2.24, 2.45) is 0 Å². The van der Waals surface area contributed by atoms with Crippen molar-refractivity contribution in [2.75, 3.05) is 11.4 Å². The molecule has 106 valence electrons. The molecule has 3 rings (SSSR count). The monoisotopic (exact) mass is 318 g/mol. The van der Waals surface area contributed by atoms with Gasteiger partial charge in [-0.15, -0.1) is 0 Å². The molecule has 1 aliphatic rings. The summed E-state index contributed by atoms with van der Waals surface area (Å²) in [4.78, 5) is 10.5. The Morgan fingerprint density at radius 1 is 1.29 bits per heavy atom. The number of hydrogen-bond acceptors (Lipinski definition) is 4. The molecular formula is C15H12Cl2N4. The van der Waals surface area contributed by atoms with E-state index in [4.69, 9.17) is 28.5 Å². The van der Waals surface area contributed by atoms with Crippen molar-refractivity contribution in [3.8, 4) is 6.07 Å². The zero-order valence-corrected chi connectivity index (χ0v) is 12.9. The topological polar surface area (TPSA) is 52.8 Å². The molecule has 4 nitrogen and oxygen atoms in total. The van der Waals surface area contributed by atoms with Gasteiger partial charge in [0.15, 0.2) is 5.69 Å². The van der Waals surface area contributed by atoms with Crippen LogP contribution in [0.3, 0.4) is 0 Å². The Morgan fingerprint density at radius 3 is 2.81 bits per heavy atom. The summed E-state index contributed by atoms with van der Waals surface area (Å²) in [5.41, 5.74) is 2.66. The van der Waals surface area contributed by atoms with Gasteiger partial charge in [0, 0.05) is 6.54 Å².